The highest BCUT2D eigenvalue weighted by Gasteiger charge is 2.05. The van der Waals surface area contributed by atoms with Gasteiger partial charge in [-0.05, 0) is 19.0 Å². The van der Waals surface area contributed by atoms with Crippen molar-refractivity contribution in [3.05, 3.63) is 0 Å². The van der Waals surface area contributed by atoms with E-state index in [-0.39, 0.29) is 0 Å². The van der Waals surface area contributed by atoms with Gasteiger partial charge in [-0.25, -0.2) is 0 Å². The van der Waals surface area contributed by atoms with E-state index in [4.69, 9.17) is 8.85 Å². The predicted octanol–water partition coefficient (Wildman–Crippen LogP) is 1.06. The third-order valence-corrected chi connectivity index (χ3v) is 3.13. The first-order chi connectivity index (χ1) is 4.81. The molecular formula is C6H14O2Si2. The van der Waals surface area contributed by atoms with Gasteiger partial charge < -0.3 is 8.85 Å². The fraction of sp³-hybridized carbons (Fsp3) is 1.00. The van der Waals surface area contributed by atoms with Crippen LogP contribution in [0.25, 0.3) is 0 Å². The van der Waals surface area contributed by atoms with E-state index in [1.165, 1.54) is 0 Å². The topological polar surface area (TPSA) is 18.5 Å². The molecule has 0 aromatic rings. The van der Waals surface area contributed by atoms with E-state index in [1.807, 2.05) is 13.8 Å². The molecule has 0 N–H and O–H groups in total. The molecule has 0 aliphatic rings. The number of hydrogen-bond acceptors (Lipinski definition) is 2. The van der Waals surface area contributed by atoms with Gasteiger partial charge in [0.2, 0.25) is 19.5 Å². The highest BCUT2D eigenvalue weighted by atomic mass is 28.3. The molecule has 0 rings (SSSR count). The van der Waals surface area contributed by atoms with E-state index >= 15 is 0 Å². The number of hydrogen-bond donors (Lipinski definition) is 0. The minimum atomic E-state index is 0.583. The first kappa shape index (κ1) is 10.4. The van der Waals surface area contributed by atoms with E-state index in [2.05, 4.69) is 6.92 Å². The molecule has 0 saturated heterocycles. The molecule has 0 unspecified atom stereocenters. The van der Waals surface area contributed by atoms with Crippen molar-refractivity contribution in [1.82, 2.24) is 0 Å². The van der Waals surface area contributed by atoms with Crippen molar-refractivity contribution in [2.45, 2.75) is 25.9 Å². The lowest BCUT2D eigenvalue weighted by Gasteiger charge is -2.05. The molecule has 0 aromatic carbocycles. The zero-order chi connectivity index (χ0) is 7.82. The molecule has 0 fully saturated rings. The van der Waals surface area contributed by atoms with Crippen LogP contribution in [0.5, 0.6) is 0 Å². The van der Waals surface area contributed by atoms with Crippen LogP contribution in [0.4, 0.5) is 0 Å². The maximum Gasteiger partial charge on any atom is 0.231 e. The van der Waals surface area contributed by atoms with Gasteiger partial charge in [-0.15, -0.1) is 0 Å². The molecule has 0 bridgehead atoms. The van der Waals surface area contributed by atoms with Gasteiger partial charge in [0, 0.05) is 13.2 Å². The molecule has 10 heavy (non-hydrogen) atoms. The molecule has 0 aliphatic carbocycles. The Morgan fingerprint density at radius 2 is 1.50 bits per heavy atom. The third kappa shape index (κ3) is 6.47. The van der Waals surface area contributed by atoms with Gasteiger partial charge in [0.25, 0.3) is 0 Å². The average Bonchev–Trinajstić information content (AvgIpc) is 1.97. The lowest BCUT2D eigenvalue weighted by Crippen LogP contribution is -2.14. The summed E-state index contributed by atoms with van der Waals surface area (Å²) in [6, 6.07) is 0. The van der Waals surface area contributed by atoms with Gasteiger partial charge >= 0.3 is 0 Å². The second-order valence-electron chi connectivity index (χ2n) is 1.82. The van der Waals surface area contributed by atoms with Crippen molar-refractivity contribution in [3.63, 3.8) is 0 Å². The van der Waals surface area contributed by atoms with Gasteiger partial charge in [-0.3, -0.25) is 0 Å². The Bertz CT molecular complexity index is 62.8. The van der Waals surface area contributed by atoms with Gasteiger partial charge in [-0.2, -0.15) is 0 Å². The van der Waals surface area contributed by atoms with Crippen molar-refractivity contribution in [2.24, 2.45) is 0 Å². The summed E-state index contributed by atoms with van der Waals surface area (Å²) >= 11 is 0. The van der Waals surface area contributed by atoms with E-state index in [0.717, 1.165) is 13.2 Å². The molecule has 2 nitrogen and oxygen atoms in total. The molecule has 0 heterocycles. The summed E-state index contributed by atoms with van der Waals surface area (Å²) in [5.74, 6) is 0. The van der Waals surface area contributed by atoms with Crippen molar-refractivity contribution >= 4 is 19.5 Å². The van der Waals surface area contributed by atoms with E-state index in [0.29, 0.717) is 24.7 Å². The van der Waals surface area contributed by atoms with Crippen LogP contribution in [-0.4, -0.2) is 32.7 Å². The van der Waals surface area contributed by atoms with Gasteiger partial charge in [0.05, 0.1) is 0 Å². The smallest absolute Gasteiger partial charge is 0.231 e. The standard InChI is InChI=1S/C6H14O2Si2/c1-4-7-9-6(3)10-8-5-2/h6H,4-5H2,1-3H3. The molecule has 58 valence electrons. The van der Waals surface area contributed by atoms with Crippen molar-refractivity contribution < 1.29 is 8.85 Å². The zero-order valence-electron chi connectivity index (χ0n) is 6.81. The molecule has 4 heteroatoms. The minimum absolute atomic E-state index is 0.583. The van der Waals surface area contributed by atoms with Crippen molar-refractivity contribution in [3.8, 4) is 0 Å². The molecule has 0 atom stereocenters. The molecule has 0 aromatic heterocycles. The monoisotopic (exact) mass is 174 g/mol. The summed E-state index contributed by atoms with van der Waals surface area (Å²) in [6.07, 6.45) is 0. The third-order valence-electron chi connectivity index (χ3n) is 0.809. The Morgan fingerprint density at radius 1 is 1.10 bits per heavy atom. The number of rotatable bonds is 6. The fourth-order valence-corrected chi connectivity index (χ4v) is 1.97. The maximum atomic E-state index is 5.25. The van der Waals surface area contributed by atoms with Crippen LogP contribution in [0, 0.1) is 0 Å². The minimum Gasteiger partial charge on any atom is -0.418 e. The molecular weight excluding hydrogens is 160 g/mol. The van der Waals surface area contributed by atoms with Crippen molar-refractivity contribution in [2.75, 3.05) is 13.2 Å². The Kier molecular flexibility index (Phi) is 7.72. The lowest BCUT2D eigenvalue weighted by molar-refractivity contribution is 0.343. The molecule has 0 aliphatic heterocycles. The molecule has 4 radical (unpaired) electrons. The van der Waals surface area contributed by atoms with Crippen LogP contribution in [0.1, 0.15) is 20.8 Å². The summed E-state index contributed by atoms with van der Waals surface area (Å²) in [4.78, 5) is 0. The molecule has 0 amide bonds. The highest BCUT2D eigenvalue weighted by molar-refractivity contribution is 6.51. The summed E-state index contributed by atoms with van der Waals surface area (Å²) in [5.41, 5.74) is 0. The van der Waals surface area contributed by atoms with Crippen LogP contribution in [0.3, 0.4) is 0 Å². The van der Waals surface area contributed by atoms with Crippen LogP contribution in [0.15, 0.2) is 0 Å². The fourth-order valence-electron chi connectivity index (χ4n) is 0.441. The predicted molar refractivity (Wildman–Crippen MR) is 44.2 cm³/mol. The second kappa shape index (κ2) is 7.46. The van der Waals surface area contributed by atoms with E-state index < -0.39 is 0 Å². The largest absolute Gasteiger partial charge is 0.418 e. The summed E-state index contributed by atoms with van der Waals surface area (Å²) < 4.78 is 10.5. The summed E-state index contributed by atoms with van der Waals surface area (Å²) in [6.45, 7) is 7.83. The average molecular weight is 174 g/mol. The first-order valence-corrected chi connectivity index (χ1v) is 5.53. The summed E-state index contributed by atoms with van der Waals surface area (Å²) in [5, 5.41) is 0.583. The van der Waals surface area contributed by atoms with E-state index in [1.54, 1.807) is 0 Å². The Hall–Kier alpha value is 0.354. The molecule has 0 saturated carbocycles. The SMILES string of the molecule is CCO[Si]C(C)[Si]OCC. The van der Waals surface area contributed by atoms with Gasteiger partial charge in [-0.1, -0.05) is 6.92 Å². The quantitative estimate of drug-likeness (QED) is 0.561. The van der Waals surface area contributed by atoms with Gasteiger partial charge in [0.1, 0.15) is 0 Å². The second-order valence-corrected chi connectivity index (χ2v) is 5.18. The van der Waals surface area contributed by atoms with Crippen LogP contribution in [0.2, 0.25) is 5.16 Å². The Balaban J connectivity index is 3.00. The van der Waals surface area contributed by atoms with Crippen LogP contribution >= 0.6 is 0 Å². The Labute approximate surface area is 68.2 Å². The van der Waals surface area contributed by atoms with Crippen LogP contribution < -0.4 is 0 Å². The maximum absolute atomic E-state index is 5.25. The van der Waals surface area contributed by atoms with Gasteiger partial charge in [0.15, 0.2) is 0 Å². The molecule has 0 spiro atoms. The van der Waals surface area contributed by atoms with Crippen LogP contribution in [-0.2, 0) is 8.85 Å². The summed E-state index contributed by atoms with van der Waals surface area (Å²) in [7, 11) is 1.21. The highest BCUT2D eigenvalue weighted by Crippen LogP contribution is 1.98. The Morgan fingerprint density at radius 3 is 1.80 bits per heavy atom. The lowest BCUT2D eigenvalue weighted by atomic mass is 10.9. The first-order valence-electron chi connectivity index (χ1n) is 3.55. The van der Waals surface area contributed by atoms with Crippen molar-refractivity contribution in [1.29, 1.82) is 0 Å². The van der Waals surface area contributed by atoms with E-state index in [9.17, 15) is 0 Å². The normalized spacial score (nSPS) is 10.8. The zero-order valence-corrected chi connectivity index (χ0v) is 8.81.